The standard InChI is InChI=1S/C34H40N4O4S/c1-5-6-7-8-9-18-42-27-16-14-24(15-17-27)26-20-35-30(36-21-26)25-12-10-23(11-13-25)19-28(33(40)41)38-31(39)32-37-22-29(43-32)34(2,3)4/h10-17,20-22,28H,5-9,18-19H2,1-4H3,(H,38,39)(H,40,41). The first kappa shape index (κ1) is 31.8. The van der Waals surface area contributed by atoms with Gasteiger partial charge in [0.25, 0.3) is 5.91 Å². The van der Waals surface area contributed by atoms with E-state index in [-0.39, 0.29) is 16.8 Å². The molecule has 9 heteroatoms. The molecule has 0 spiro atoms. The lowest BCUT2D eigenvalue weighted by Crippen LogP contribution is -2.42. The third-order valence-corrected chi connectivity index (χ3v) is 8.47. The minimum absolute atomic E-state index is 0.136. The Bertz CT molecular complexity index is 1480. The number of amides is 1. The molecule has 1 atom stereocenters. The van der Waals surface area contributed by atoms with Crippen molar-refractivity contribution in [1.29, 1.82) is 0 Å². The van der Waals surface area contributed by atoms with Gasteiger partial charge >= 0.3 is 5.97 Å². The fourth-order valence-electron chi connectivity index (χ4n) is 4.44. The van der Waals surface area contributed by atoms with Gasteiger partial charge in [0.05, 0.1) is 6.61 Å². The Morgan fingerprint density at radius 1 is 0.860 bits per heavy atom. The molecule has 0 saturated carbocycles. The summed E-state index contributed by atoms with van der Waals surface area (Å²) in [6, 6.07) is 14.3. The maximum absolute atomic E-state index is 12.7. The summed E-state index contributed by atoms with van der Waals surface area (Å²) in [5.41, 5.74) is 3.35. The van der Waals surface area contributed by atoms with Crippen molar-refractivity contribution in [2.45, 2.75) is 77.7 Å². The van der Waals surface area contributed by atoms with E-state index in [1.807, 2.05) is 69.3 Å². The largest absolute Gasteiger partial charge is 0.494 e. The third kappa shape index (κ3) is 9.19. The fraction of sp³-hybridized carbons (Fsp3) is 0.382. The number of carbonyl (C=O) groups excluding carboxylic acids is 1. The van der Waals surface area contributed by atoms with Crippen LogP contribution in [0, 0.1) is 0 Å². The lowest BCUT2D eigenvalue weighted by Gasteiger charge is -2.15. The zero-order chi connectivity index (χ0) is 30.8. The zero-order valence-electron chi connectivity index (χ0n) is 25.3. The van der Waals surface area contributed by atoms with E-state index >= 15 is 0 Å². The van der Waals surface area contributed by atoms with Crippen LogP contribution in [0.5, 0.6) is 5.75 Å². The summed E-state index contributed by atoms with van der Waals surface area (Å²) in [6.07, 6.45) is 11.4. The molecule has 0 aliphatic rings. The highest BCUT2D eigenvalue weighted by Gasteiger charge is 2.25. The van der Waals surface area contributed by atoms with Gasteiger partial charge in [-0.05, 0) is 35.1 Å². The van der Waals surface area contributed by atoms with Crippen molar-refractivity contribution >= 4 is 23.2 Å². The van der Waals surface area contributed by atoms with Crippen LogP contribution in [-0.2, 0) is 16.6 Å². The minimum Gasteiger partial charge on any atom is -0.494 e. The second-order valence-electron chi connectivity index (χ2n) is 11.6. The summed E-state index contributed by atoms with van der Waals surface area (Å²) >= 11 is 1.28. The summed E-state index contributed by atoms with van der Waals surface area (Å²) < 4.78 is 5.86. The quantitative estimate of drug-likeness (QED) is 0.146. The van der Waals surface area contributed by atoms with Crippen LogP contribution >= 0.6 is 11.3 Å². The number of carboxylic acids is 1. The zero-order valence-corrected chi connectivity index (χ0v) is 26.1. The Morgan fingerprint density at radius 3 is 2.12 bits per heavy atom. The molecule has 0 aliphatic carbocycles. The van der Waals surface area contributed by atoms with Gasteiger partial charge in [-0.3, -0.25) is 4.79 Å². The number of unbranched alkanes of at least 4 members (excludes halogenated alkanes) is 4. The Labute approximate surface area is 257 Å². The van der Waals surface area contributed by atoms with Gasteiger partial charge in [-0.15, -0.1) is 11.3 Å². The smallest absolute Gasteiger partial charge is 0.326 e. The van der Waals surface area contributed by atoms with Crippen LogP contribution in [0.2, 0.25) is 0 Å². The number of carbonyl (C=O) groups is 2. The molecule has 8 nitrogen and oxygen atoms in total. The first-order valence-electron chi connectivity index (χ1n) is 14.8. The van der Waals surface area contributed by atoms with Crippen LogP contribution in [0.25, 0.3) is 22.5 Å². The van der Waals surface area contributed by atoms with Crippen LogP contribution in [0.3, 0.4) is 0 Å². The van der Waals surface area contributed by atoms with Crippen molar-refractivity contribution in [2.24, 2.45) is 0 Å². The number of carboxylic acid groups (broad SMARTS) is 1. The van der Waals surface area contributed by atoms with E-state index in [1.54, 1.807) is 18.6 Å². The minimum atomic E-state index is -1.11. The molecule has 2 N–H and O–H groups in total. The number of nitrogens with zero attached hydrogens (tertiary/aromatic N) is 3. The van der Waals surface area contributed by atoms with Gasteiger partial charge in [-0.1, -0.05) is 89.8 Å². The average Bonchev–Trinajstić information content (AvgIpc) is 3.51. The number of aromatic nitrogens is 3. The summed E-state index contributed by atoms with van der Waals surface area (Å²) in [5, 5.41) is 12.6. The summed E-state index contributed by atoms with van der Waals surface area (Å²) in [7, 11) is 0. The van der Waals surface area contributed by atoms with Crippen LogP contribution in [0.4, 0.5) is 0 Å². The molecule has 4 rings (SSSR count). The molecule has 1 amide bonds. The monoisotopic (exact) mass is 600 g/mol. The second kappa shape index (κ2) is 14.9. The molecule has 2 heterocycles. The van der Waals surface area contributed by atoms with Crippen LogP contribution in [-0.4, -0.2) is 44.6 Å². The van der Waals surface area contributed by atoms with E-state index in [9.17, 15) is 14.7 Å². The number of hydrogen-bond acceptors (Lipinski definition) is 7. The lowest BCUT2D eigenvalue weighted by atomic mass is 9.96. The van der Waals surface area contributed by atoms with Gasteiger partial charge < -0.3 is 15.2 Å². The molecule has 0 saturated heterocycles. The third-order valence-electron chi connectivity index (χ3n) is 7.05. The Balaban J connectivity index is 1.32. The Morgan fingerprint density at radius 2 is 1.51 bits per heavy atom. The maximum Gasteiger partial charge on any atom is 0.326 e. The number of ether oxygens (including phenoxy) is 1. The van der Waals surface area contributed by atoms with Crippen molar-refractivity contribution < 1.29 is 19.4 Å². The van der Waals surface area contributed by atoms with Crippen molar-refractivity contribution in [3.63, 3.8) is 0 Å². The average molecular weight is 601 g/mol. The second-order valence-corrected chi connectivity index (χ2v) is 12.7. The molecule has 4 aromatic rings. The molecule has 0 bridgehead atoms. The number of nitrogens with one attached hydrogen (secondary N) is 1. The highest BCUT2D eigenvalue weighted by atomic mass is 32.1. The molecule has 2 aromatic heterocycles. The number of rotatable bonds is 14. The van der Waals surface area contributed by atoms with Crippen molar-refractivity contribution in [1.82, 2.24) is 20.3 Å². The first-order valence-corrected chi connectivity index (χ1v) is 15.6. The SMILES string of the molecule is CCCCCCCOc1ccc(-c2cnc(-c3ccc(CC(NC(=O)c4ncc(C(C)(C)C)s4)C(=O)O)cc3)nc2)cc1. The van der Waals surface area contributed by atoms with Crippen LogP contribution < -0.4 is 10.1 Å². The molecule has 0 aliphatic heterocycles. The molecule has 43 heavy (non-hydrogen) atoms. The van der Waals surface area contributed by atoms with Gasteiger partial charge in [-0.2, -0.15) is 0 Å². The molecule has 1 unspecified atom stereocenters. The molecule has 0 fully saturated rings. The van der Waals surface area contributed by atoms with Crippen LogP contribution in [0.1, 0.15) is 80.0 Å². The predicted octanol–water partition coefficient (Wildman–Crippen LogP) is 7.34. The van der Waals surface area contributed by atoms with Gasteiger partial charge in [0.15, 0.2) is 10.8 Å². The summed E-state index contributed by atoms with van der Waals surface area (Å²) in [4.78, 5) is 38.9. The lowest BCUT2D eigenvalue weighted by molar-refractivity contribution is -0.139. The molecule has 2 aromatic carbocycles. The Hall–Kier alpha value is -4.11. The molecule has 226 valence electrons. The summed E-state index contributed by atoms with van der Waals surface area (Å²) in [6.45, 7) is 9.06. The van der Waals surface area contributed by atoms with E-state index < -0.39 is 17.9 Å². The highest BCUT2D eigenvalue weighted by Crippen LogP contribution is 2.28. The maximum atomic E-state index is 12.7. The van der Waals surface area contributed by atoms with E-state index in [4.69, 9.17) is 4.74 Å². The van der Waals surface area contributed by atoms with E-state index in [2.05, 4.69) is 27.2 Å². The van der Waals surface area contributed by atoms with Crippen molar-refractivity contribution in [3.05, 3.63) is 82.6 Å². The Kier molecular flexibility index (Phi) is 11.0. The fourth-order valence-corrected chi connectivity index (χ4v) is 5.31. The van der Waals surface area contributed by atoms with Crippen molar-refractivity contribution in [3.8, 4) is 28.3 Å². The number of aliphatic carboxylic acids is 1. The van der Waals surface area contributed by atoms with E-state index in [0.717, 1.165) is 45.9 Å². The van der Waals surface area contributed by atoms with Crippen LogP contribution in [0.15, 0.2) is 67.1 Å². The number of thiazole rings is 1. The topological polar surface area (TPSA) is 114 Å². The van der Waals surface area contributed by atoms with E-state index in [1.165, 1.54) is 37.0 Å². The summed E-state index contributed by atoms with van der Waals surface area (Å²) in [5.74, 6) is -0.164. The first-order chi connectivity index (χ1) is 20.6. The molecule has 0 radical (unpaired) electrons. The highest BCUT2D eigenvalue weighted by molar-refractivity contribution is 7.13. The van der Waals surface area contributed by atoms with Gasteiger partial charge in [0.1, 0.15) is 11.8 Å². The number of hydrogen-bond donors (Lipinski definition) is 2. The number of benzene rings is 2. The normalized spacial score (nSPS) is 12.1. The van der Waals surface area contributed by atoms with Crippen molar-refractivity contribution in [2.75, 3.05) is 6.61 Å². The predicted molar refractivity (Wildman–Crippen MR) is 171 cm³/mol. The van der Waals surface area contributed by atoms with Gasteiger partial charge in [0, 0.05) is 41.0 Å². The van der Waals surface area contributed by atoms with Gasteiger partial charge in [0.2, 0.25) is 0 Å². The van der Waals surface area contributed by atoms with E-state index in [0.29, 0.717) is 5.82 Å². The molecular weight excluding hydrogens is 560 g/mol. The molecular formula is C34H40N4O4S. The van der Waals surface area contributed by atoms with Gasteiger partial charge in [-0.25, -0.2) is 19.7 Å².